The molecule has 0 aromatic heterocycles. The number of methoxy groups -OCH3 is 2. The van der Waals surface area contributed by atoms with Crippen molar-refractivity contribution in [2.75, 3.05) is 40.4 Å². The highest BCUT2D eigenvalue weighted by Gasteiger charge is 2.23. The van der Waals surface area contributed by atoms with Gasteiger partial charge in [-0.25, -0.2) is 9.59 Å². The predicted molar refractivity (Wildman–Crippen MR) is 171 cm³/mol. The number of ether oxygens (including phenoxy) is 3. The summed E-state index contributed by atoms with van der Waals surface area (Å²) in [7, 11) is 2.41. The minimum Gasteiger partial charge on any atom is -0.453 e. The average molecular weight is 917 g/mol. The molecule has 0 radical (unpaired) electrons. The number of rotatable bonds is 7. The summed E-state index contributed by atoms with van der Waals surface area (Å²) in [4.78, 5) is 76.6. The zero-order chi connectivity index (χ0) is 30.7. The lowest BCUT2D eigenvalue weighted by Gasteiger charge is -2.13. The minimum atomic E-state index is -0.862. The van der Waals surface area contributed by atoms with Crippen molar-refractivity contribution in [3.8, 4) is 5.75 Å². The molecule has 16 nitrogen and oxygen atoms in total. The number of nitro groups is 1. The number of nitrogens with one attached hydrogen (secondary N) is 1. The third-order valence-corrected chi connectivity index (χ3v) is 4.36. The maximum absolute atomic E-state index is 11.0. The number of benzene rings is 1. The zero-order valence-electron chi connectivity index (χ0n) is 21.5. The van der Waals surface area contributed by atoms with Crippen LogP contribution in [0, 0.1) is 10.1 Å². The third-order valence-electron chi connectivity index (χ3n) is 4.36. The lowest BCUT2D eigenvalue weighted by atomic mass is 10.3. The van der Waals surface area contributed by atoms with Crippen LogP contribution >= 0.6 is 61.2 Å². The molecule has 0 fully saturated rings. The first-order chi connectivity index (χ1) is 19.0. The fourth-order valence-corrected chi connectivity index (χ4v) is 2.55. The van der Waals surface area contributed by atoms with Crippen molar-refractivity contribution < 1.29 is 47.9 Å². The Hall–Kier alpha value is -2.93. The van der Waals surface area contributed by atoms with Crippen LogP contribution in [0.1, 0.15) is 0 Å². The average Bonchev–Trinajstić information content (AvgIpc) is 3.45. The summed E-state index contributed by atoms with van der Waals surface area (Å²) in [6.07, 6.45) is 3.44. The number of alkyl carbamates (subject to hydrolysis) is 1. The Balaban J connectivity index is 0. The highest BCUT2D eigenvalue weighted by Crippen LogP contribution is 2.17. The number of halogens is 3. The molecule has 0 saturated heterocycles. The fraction of sp³-hybridized carbons (Fsp3) is 0.273. The van der Waals surface area contributed by atoms with Crippen molar-refractivity contribution in [3.05, 3.63) is 58.7 Å². The summed E-state index contributed by atoms with van der Waals surface area (Å²) in [5.74, 6) is -1.06. The monoisotopic (exact) mass is 917 g/mol. The summed E-state index contributed by atoms with van der Waals surface area (Å²) < 4.78 is 13.2. The molecule has 41 heavy (non-hydrogen) atoms. The van der Waals surface area contributed by atoms with Gasteiger partial charge in [-0.05, 0) is 12.1 Å². The van der Waals surface area contributed by atoms with Crippen molar-refractivity contribution in [2.45, 2.75) is 0 Å². The Bertz CT molecular complexity index is 1090. The van der Waals surface area contributed by atoms with E-state index in [9.17, 15) is 38.9 Å². The van der Waals surface area contributed by atoms with Gasteiger partial charge in [0.05, 0.1) is 19.1 Å². The number of amides is 5. The highest BCUT2D eigenvalue weighted by molar-refractivity contribution is 15.0. The van der Waals surface area contributed by atoms with Gasteiger partial charge in [0.2, 0.25) is 0 Å². The number of imide groups is 2. The second-order valence-corrected chi connectivity index (χ2v) is 6.84. The van der Waals surface area contributed by atoms with Gasteiger partial charge in [-0.1, -0.05) is 0 Å². The van der Waals surface area contributed by atoms with E-state index in [1.807, 2.05) is 0 Å². The molecule has 5 amide bonds. The van der Waals surface area contributed by atoms with E-state index in [-0.39, 0.29) is 72.1 Å². The van der Waals surface area contributed by atoms with E-state index in [0.29, 0.717) is 13.1 Å². The van der Waals surface area contributed by atoms with Gasteiger partial charge in [0, 0.05) is 99.8 Å². The van der Waals surface area contributed by atoms with Gasteiger partial charge in [-0.15, -0.1) is 24.0 Å². The minimum absolute atomic E-state index is 0. The van der Waals surface area contributed by atoms with E-state index in [0.717, 1.165) is 9.80 Å². The van der Waals surface area contributed by atoms with Crippen LogP contribution in [0.25, 0.3) is 0 Å². The number of carbonyl (C=O) groups is 6. The molecule has 1 aromatic carbocycles. The maximum Gasteiger partial charge on any atom is 0.513 e. The van der Waals surface area contributed by atoms with E-state index in [2.05, 4.69) is 56.8 Å². The second kappa shape index (κ2) is 22.7. The molecule has 226 valence electrons. The Kier molecular flexibility index (Phi) is 22.3. The van der Waals surface area contributed by atoms with E-state index >= 15 is 0 Å². The molecule has 0 bridgehead atoms. The molecule has 0 saturated carbocycles. The van der Waals surface area contributed by atoms with Crippen molar-refractivity contribution in [1.82, 2.24) is 15.1 Å². The standard InChI is InChI=1S/C8H10N2O4.C8H7NO5.C6H8N2O2.I2.HI/c1-14-8(13)9-4-5-10-6(11)2-3-7(10)12;1-13-8(10)14-7-4-2-6(3-5-7)9(11)12;7-3-4-8-5(9)1-2-6(8)10;1-2;/h2-3H,4-5H2,1H3,(H,9,13);2-5H,1H3;1-2H,3-4,7H2;;1H. The lowest BCUT2D eigenvalue weighted by Crippen LogP contribution is -2.38. The molecule has 3 N–H and O–H groups in total. The number of carbonyl (C=O) groups excluding carboxylic acids is 6. The summed E-state index contributed by atoms with van der Waals surface area (Å²) in [5, 5.41) is 12.6. The van der Waals surface area contributed by atoms with Crippen molar-refractivity contribution in [3.63, 3.8) is 0 Å². The largest absolute Gasteiger partial charge is 0.513 e. The van der Waals surface area contributed by atoms with Gasteiger partial charge in [0.15, 0.2) is 0 Å². The topological polar surface area (TPSA) is 218 Å². The van der Waals surface area contributed by atoms with Crippen molar-refractivity contribution in [1.29, 1.82) is 0 Å². The summed E-state index contributed by atoms with van der Waals surface area (Å²) in [6.45, 7) is 0.968. The molecule has 0 aliphatic carbocycles. The Morgan fingerprint density at radius 3 is 1.68 bits per heavy atom. The normalized spacial score (nSPS) is 12.5. The molecular formula is C22H26I3N5O11. The van der Waals surface area contributed by atoms with Gasteiger partial charge in [-0.3, -0.25) is 39.1 Å². The molecule has 2 aliphatic heterocycles. The lowest BCUT2D eigenvalue weighted by molar-refractivity contribution is -0.384. The smallest absolute Gasteiger partial charge is 0.453 e. The molecule has 0 spiro atoms. The van der Waals surface area contributed by atoms with E-state index in [1.165, 1.54) is 62.8 Å². The number of nitro benzene ring substituents is 1. The molecule has 0 atom stereocenters. The van der Waals surface area contributed by atoms with E-state index < -0.39 is 17.2 Å². The van der Waals surface area contributed by atoms with Crippen LogP contribution in [0.4, 0.5) is 15.3 Å². The van der Waals surface area contributed by atoms with Gasteiger partial charge in [-0.2, -0.15) is 0 Å². The summed E-state index contributed by atoms with van der Waals surface area (Å²) in [5.41, 5.74) is 5.09. The number of hydrogen-bond donors (Lipinski definition) is 2. The third kappa shape index (κ3) is 15.6. The molecule has 2 aliphatic rings. The Morgan fingerprint density at radius 1 is 0.878 bits per heavy atom. The van der Waals surface area contributed by atoms with Crippen molar-refractivity contribution >= 4 is 103 Å². The molecule has 3 rings (SSSR count). The summed E-state index contributed by atoms with van der Waals surface area (Å²) >= 11 is 4.24. The van der Waals surface area contributed by atoms with Crippen LogP contribution in [0.5, 0.6) is 5.75 Å². The fourth-order valence-electron chi connectivity index (χ4n) is 2.55. The Labute approximate surface area is 274 Å². The molecule has 2 heterocycles. The first kappa shape index (κ1) is 40.2. The summed E-state index contributed by atoms with van der Waals surface area (Å²) in [6, 6.07) is 5.10. The van der Waals surface area contributed by atoms with Gasteiger partial charge in [0.25, 0.3) is 29.3 Å². The van der Waals surface area contributed by atoms with Crippen LogP contribution in [-0.4, -0.2) is 91.0 Å². The number of nitrogens with two attached hydrogens (primary N) is 1. The van der Waals surface area contributed by atoms with E-state index in [4.69, 9.17) is 5.73 Å². The number of nitrogens with zero attached hydrogens (tertiary/aromatic N) is 3. The van der Waals surface area contributed by atoms with Crippen LogP contribution in [0.2, 0.25) is 0 Å². The zero-order valence-corrected chi connectivity index (χ0v) is 28.2. The highest BCUT2D eigenvalue weighted by atomic mass is 128. The quantitative estimate of drug-likeness (QED) is 0.101. The van der Waals surface area contributed by atoms with Crippen molar-refractivity contribution in [2.24, 2.45) is 5.73 Å². The molecule has 19 heteroatoms. The van der Waals surface area contributed by atoms with Crippen LogP contribution in [0.3, 0.4) is 0 Å². The predicted octanol–water partition coefficient (Wildman–Crippen LogP) is 2.27. The number of non-ortho nitro benzene ring substituents is 1. The second-order valence-electron chi connectivity index (χ2n) is 6.84. The first-order valence-electron chi connectivity index (χ1n) is 10.8. The Morgan fingerprint density at radius 2 is 1.32 bits per heavy atom. The van der Waals surface area contributed by atoms with Gasteiger partial charge in [0.1, 0.15) is 5.75 Å². The SMILES string of the molecule is COC(=O)NCCN1C(=O)C=CC1=O.COC(=O)Oc1ccc([N+](=O)[O-])cc1.I.II.NCCN1C(=O)C=CC1=O. The van der Waals surface area contributed by atoms with Gasteiger partial charge >= 0.3 is 12.2 Å². The van der Waals surface area contributed by atoms with Crippen LogP contribution in [0.15, 0.2) is 48.6 Å². The van der Waals surface area contributed by atoms with Crippen LogP contribution in [-0.2, 0) is 28.7 Å². The van der Waals surface area contributed by atoms with Gasteiger partial charge < -0.3 is 25.3 Å². The van der Waals surface area contributed by atoms with Crippen LogP contribution < -0.4 is 15.8 Å². The molecular weight excluding hydrogens is 891 g/mol. The number of hydrogen-bond acceptors (Lipinski definition) is 12. The van der Waals surface area contributed by atoms with E-state index in [1.54, 1.807) is 0 Å². The maximum atomic E-state index is 11.0. The molecule has 0 unspecified atom stereocenters. The first-order valence-corrected chi connectivity index (χ1v) is 17.1. The molecule has 1 aromatic rings.